The molecule has 1 aromatic carbocycles. The molecule has 3 heterocycles. The highest BCUT2D eigenvalue weighted by Gasteiger charge is 2.17. The molecule has 0 radical (unpaired) electrons. The monoisotopic (exact) mass is 348 g/mol. The summed E-state index contributed by atoms with van der Waals surface area (Å²) < 4.78 is 6.90. The Morgan fingerprint density at radius 1 is 1.23 bits per heavy atom. The lowest BCUT2D eigenvalue weighted by molar-refractivity contribution is -0.118. The summed E-state index contributed by atoms with van der Waals surface area (Å²) in [6, 6.07) is 10.9. The minimum absolute atomic E-state index is 0.128. The number of hydrogen-bond acceptors (Lipinski definition) is 5. The van der Waals surface area contributed by atoms with Gasteiger partial charge in [0.25, 0.3) is 5.56 Å². The molecule has 0 unspecified atom stereocenters. The first-order chi connectivity index (χ1) is 12.5. The summed E-state index contributed by atoms with van der Waals surface area (Å²) in [6.07, 6.45) is 3.03. The smallest absolute Gasteiger partial charge is 0.297 e. The Balaban J connectivity index is 1.69. The lowest BCUT2D eigenvalue weighted by atomic mass is 10.2. The number of carbonyl (C=O) groups is 1. The SMILES string of the molecule is Cc1cc(N(C)C(=O)Cn2cnc3c(oc4ccccc43)c2=O)ccn1. The van der Waals surface area contributed by atoms with Crippen molar-refractivity contribution in [3.63, 3.8) is 0 Å². The summed E-state index contributed by atoms with van der Waals surface area (Å²) in [5.74, 6) is -0.241. The van der Waals surface area contributed by atoms with Crippen LogP contribution >= 0.6 is 0 Å². The molecule has 7 nitrogen and oxygen atoms in total. The normalized spacial score (nSPS) is 11.2. The van der Waals surface area contributed by atoms with E-state index in [2.05, 4.69) is 9.97 Å². The van der Waals surface area contributed by atoms with Crippen LogP contribution in [0.15, 0.2) is 58.1 Å². The fraction of sp³-hybridized carbons (Fsp3) is 0.158. The number of likely N-dealkylation sites (N-methyl/N-ethyl adjacent to an activating group) is 1. The number of hydrogen-bond donors (Lipinski definition) is 0. The van der Waals surface area contributed by atoms with Crippen molar-refractivity contribution in [1.29, 1.82) is 0 Å². The van der Waals surface area contributed by atoms with Gasteiger partial charge in [0.2, 0.25) is 11.5 Å². The van der Waals surface area contributed by atoms with E-state index in [1.807, 2.05) is 25.1 Å². The number of aryl methyl sites for hydroxylation is 1. The number of pyridine rings is 1. The molecule has 4 rings (SSSR count). The third-order valence-corrected chi connectivity index (χ3v) is 4.30. The molecule has 0 atom stereocenters. The van der Waals surface area contributed by atoms with Crippen molar-refractivity contribution < 1.29 is 9.21 Å². The zero-order valence-corrected chi connectivity index (χ0v) is 14.3. The van der Waals surface area contributed by atoms with E-state index >= 15 is 0 Å². The van der Waals surface area contributed by atoms with Gasteiger partial charge < -0.3 is 9.32 Å². The lowest BCUT2D eigenvalue weighted by Crippen LogP contribution is -2.34. The van der Waals surface area contributed by atoms with E-state index in [1.54, 1.807) is 31.4 Å². The predicted molar refractivity (Wildman–Crippen MR) is 98.2 cm³/mol. The van der Waals surface area contributed by atoms with Crippen molar-refractivity contribution in [1.82, 2.24) is 14.5 Å². The van der Waals surface area contributed by atoms with Crippen molar-refractivity contribution in [2.45, 2.75) is 13.5 Å². The van der Waals surface area contributed by atoms with Gasteiger partial charge in [0.1, 0.15) is 17.6 Å². The maximum atomic E-state index is 12.7. The van der Waals surface area contributed by atoms with Gasteiger partial charge in [-0.15, -0.1) is 0 Å². The molecule has 3 aromatic heterocycles. The molecule has 0 aliphatic rings. The average molecular weight is 348 g/mol. The summed E-state index contributed by atoms with van der Waals surface area (Å²) >= 11 is 0. The van der Waals surface area contributed by atoms with Gasteiger partial charge in [-0.05, 0) is 31.2 Å². The van der Waals surface area contributed by atoms with Crippen LogP contribution < -0.4 is 10.5 Å². The number of rotatable bonds is 3. The van der Waals surface area contributed by atoms with E-state index in [1.165, 1.54) is 15.8 Å². The molecule has 0 N–H and O–H groups in total. The molecule has 0 saturated heterocycles. The predicted octanol–water partition coefficient (Wildman–Crippen LogP) is 2.51. The molecular formula is C19H16N4O3. The molecule has 7 heteroatoms. The van der Waals surface area contributed by atoms with Crippen LogP contribution in [0.3, 0.4) is 0 Å². The molecule has 130 valence electrons. The minimum Gasteiger partial charge on any atom is -0.448 e. The van der Waals surface area contributed by atoms with E-state index < -0.39 is 0 Å². The largest absolute Gasteiger partial charge is 0.448 e. The second-order valence-corrected chi connectivity index (χ2v) is 6.06. The number of furan rings is 1. The molecule has 0 bridgehead atoms. The standard InChI is InChI=1S/C19H16N4O3/c1-12-9-13(7-8-20-12)22(2)16(24)10-23-11-21-17-14-5-3-4-6-15(14)26-18(17)19(23)25/h3-9,11H,10H2,1-2H3. The summed E-state index contributed by atoms with van der Waals surface area (Å²) in [7, 11) is 1.66. The van der Waals surface area contributed by atoms with Crippen LogP contribution in [-0.2, 0) is 11.3 Å². The summed E-state index contributed by atoms with van der Waals surface area (Å²) in [5.41, 5.74) is 2.41. The molecule has 0 aliphatic heterocycles. The first-order valence-corrected chi connectivity index (χ1v) is 8.10. The Labute approximate surface area is 148 Å². The van der Waals surface area contributed by atoms with Crippen LogP contribution in [0.25, 0.3) is 22.1 Å². The van der Waals surface area contributed by atoms with Crippen LogP contribution in [0.5, 0.6) is 0 Å². The Morgan fingerprint density at radius 2 is 2.04 bits per heavy atom. The number of fused-ring (bicyclic) bond motifs is 3. The fourth-order valence-corrected chi connectivity index (χ4v) is 2.86. The van der Waals surface area contributed by atoms with Crippen molar-refractivity contribution in [2.24, 2.45) is 0 Å². The lowest BCUT2D eigenvalue weighted by Gasteiger charge is -2.18. The van der Waals surface area contributed by atoms with Gasteiger partial charge >= 0.3 is 0 Å². The number of anilines is 1. The molecule has 0 aliphatic carbocycles. The van der Waals surface area contributed by atoms with E-state index in [4.69, 9.17) is 4.42 Å². The quantitative estimate of drug-likeness (QED) is 0.568. The highest BCUT2D eigenvalue weighted by atomic mass is 16.3. The van der Waals surface area contributed by atoms with E-state index in [9.17, 15) is 9.59 Å². The van der Waals surface area contributed by atoms with Crippen molar-refractivity contribution in [3.8, 4) is 0 Å². The van der Waals surface area contributed by atoms with Crippen LogP contribution in [0.4, 0.5) is 5.69 Å². The van der Waals surface area contributed by atoms with Crippen LogP contribution in [0.1, 0.15) is 5.69 Å². The van der Waals surface area contributed by atoms with Crippen LogP contribution in [-0.4, -0.2) is 27.5 Å². The topological polar surface area (TPSA) is 81.2 Å². The zero-order valence-electron chi connectivity index (χ0n) is 14.3. The molecular weight excluding hydrogens is 332 g/mol. The van der Waals surface area contributed by atoms with Gasteiger partial charge in [-0.25, -0.2) is 4.98 Å². The van der Waals surface area contributed by atoms with Gasteiger partial charge in [0, 0.05) is 30.0 Å². The van der Waals surface area contributed by atoms with Gasteiger partial charge in [-0.2, -0.15) is 0 Å². The number of para-hydroxylation sites is 1. The molecule has 0 spiro atoms. The molecule has 4 aromatic rings. The number of nitrogens with zero attached hydrogens (tertiary/aromatic N) is 4. The molecule has 1 amide bonds. The Bertz CT molecular complexity index is 1190. The third kappa shape index (κ3) is 2.63. The van der Waals surface area contributed by atoms with Crippen LogP contribution in [0.2, 0.25) is 0 Å². The van der Waals surface area contributed by atoms with Gasteiger partial charge in [-0.3, -0.25) is 19.1 Å². The summed E-state index contributed by atoms with van der Waals surface area (Å²) in [5, 5.41) is 0.780. The second-order valence-electron chi connectivity index (χ2n) is 6.06. The van der Waals surface area contributed by atoms with E-state index in [0.29, 0.717) is 16.8 Å². The van der Waals surface area contributed by atoms with Gasteiger partial charge in [0.15, 0.2) is 0 Å². The van der Waals surface area contributed by atoms with Crippen molar-refractivity contribution >= 4 is 33.7 Å². The van der Waals surface area contributed by atoms with E-state index in [-0.39, 0.29) is 23.6 Å². The van der Waals surface area contributed by atoms with Crippen LogP contribution in [0, 0.1) is 6.92 Å². The molecule has 0 saturated carbocycles. The molecule has 0 fully saturated rings. The van der Waals surface area contributed by atoms with E-state index in [0.717, 1.165) is 11.1 Å². The highest BCUT2D eigenvalue weighted by molar-refractivity contribution is 6.01. The third-order valence-electron chi connectivity index (χ3n) is 4.30. The number of carbonyl (C=O) groups excluding carboxylic acids is 1. The second kappa shape index (κ2) is 6.11. The Hall–Kier alpha value is -3.48. The summed E-state index contributed by atoms with van der Waals surface area (Å²) in [4.78, 5) is 35.2. The minimum atomic E-state index is -0.376. The average Bonchev–Trinajstić information content (AvgIpc) is 3.03. The maximum absolute atomic E-state index is 12.7. The number of benzene rings is 1. The Morgan fingerprint density at radius 3 is 2.85 bits per heavy atom. The first-order valence-electron chi connectivity index (χ1n) is 8.10. The fourth-order valence-electron chi connectivity index (χ4n) is 2.86. The van der Waals surface area contributed by atoms with Crippen molar-refractivity contribution in [2.75, 3.05) is 11.9 Å². The number of aromatic nitrogens is 3. The summed E-state index contributed by atoms with van der Waals surface area (Å²) in [6.45, 7) is 1.72. The van der Waals surface area contributed by atoms with Gasteiger partial charge in [-0.1, -0.05) is 12.1 Å². The van der Waals surface area contributed by atoms with Gasteiger partial charge in [0.05, 0.1) is 6.33 Å². The molecule has 26 heavy (non-hydrogen) atoms. The zero-order chi connectivity index (χ0) is 18.3. The van der Waals surface area contributed by atoms with Crippen molar-refractivity contribution in [3.05, 3.63) is 65.0 Å². The number of amides is 1. The Kier molecular flexibility index (Phi) is 3.76. The highest BCUT2D eigenvalue weighted by Crippen LogP contribution is 2.24. The first kappa shape index (κ1) is 16.0. The maximum Gasteiger partial charge on any atom is 0.297 e.